The summed E-state index contributed by atoms with van der Waals surface area (Å²) in [6.45, 7) is 0. The van der Waals surface area contributed by atoms with E-state index < -0.39 is 0 Å². The van der Waals surface area contributed by atoms with Crippen LogP contribution in [0.1, 0.15) is 5.56 Å². The molecule has 4 rings (SSSR count). The zero-order valence-corrected chi connectivity index (χ0v) is 14.7. The number of phenols is 1. The van der Waals surface area contributed by atoms with E-state index in [4.69, 9.17) is 12.2 Å². The zero-order chi connectivity index (χ0) is 17.4. The summed E-state index contributed by atoms with van der Waals surface area (Å²) < 4.78 is 0.507. The van der Waals surface area contributed by atoms with Crippen molar-refractivity contribution < 1.29 is 9.90 Å². The summed E-state index contributed by atoms with van der Waals surface area (Å²) in [4.78, 5) is 15.1. The number of hydrogen-bond donors (Lipinski definition) is 1. The van der Waals surface area contributed by atoms with Gasteiger partial charge in [-0.25, -0.2) is 0 Å². The van der Waals surface area contributed by atoms with Crippen molar-refractivity contribution in [2.45, 2.75) is 0 Å². The van der Waals surface area contributed by atoms with E-state index in [1.54, 1.807) is 29.2 Å². The highest BCUT2D eigenvalue weighted by Crippen LogP contribution is 2.38. The zero-order valence-electron chi connectivity index (χ0n) is 13.0. The van der Waals surface area contributed by atoms with Crippen molar-refractivity contribution in [1.82, 2.24) is 0 Å². The summed E-state index contributed by atoms with van der Waals surface area (Å²) in [7, 11) is 0. The normalized spacial score (nSPS) is 16.2. The molecule has 5 heteroatoms. The number of anilines is 1. The molecular weight excluding hydrogens is 350 g/mol. The van der Waals surface area contributed by atoms with Crippen molar-refractivity contribution in [2.75, 3.05) is 4.90 Å². The van der Waals surface area contributed by atoms with E-state index in [2.05, 4.69) is 0 Å². The molecule has 0 unspecified atom stereocenters. The molecule has 0 spiro atoms. The average molecular weight is 363 g/mol. The molecule has 1 aliphatic heterocycles. The Kier molecular flexibility index (Phi) is 4.03. The van der Waals surface area contributed by atoms with Gasteiger partial charge in [-0.05, 0) is 35.2 Å². The van der Waals surface area contributed by atoms with Gasteiger partial charge >= 0.3 is 0 Å². The monoisotopic (exact) mass is 363 g/mol. The molecule has 3 aromatic rings. The Morgan fingerprint density at radius 2 is 1.76 bits per heavy atom. The highest BCUT2D eigenvalue weighted by Gasteiger charge is 2.34. The maximum absolute atomic E-state index is 12.9. The second-order valence-corrected chi connectivity index (χ2v) is 7.29. The van der Waals surface area contributed by atoms with E-state index in [1.807, 2.05) is 48.5 Å². The summed E-state index contributed by atoms with van der Waals surface area (Å²) in [6.07, 6.45) is 1.75. The van der Waals surface area contributed by atoms with Gasteiger partial charge in [0.05, 0.1) is 10.6 Å². The van der Waals surface area contributed by atoms with Crippen LogP contribution in [-0.4, -0.2) is 15.3 Å². The SMILES string of the molecule is O=C1C(=Cc2cccc(O)c2)SC(=S)N1c1cccc2ccccc12. The van der Waals surface area contributed by atoms with Gasteiger partial charge in [-0.2, -0.15) is 0 Å². The number of thioether (sulfide) groups is 1. The highest BCUT2D eigenvalue weighted by molar-refractivity contribution is 8.27. The number of rotatable bonds is 2. The van der Waals surface area contributed by atoms with Crippen LogP contribution in [0.15, 0.2) is 71.6 Å². The van der Waals surface area contributed by atoms with Crippen LogP contribution in [-0.2, 0) is 4.79 Å². The lowest BCUT2D eigenvalue weighted by Crippen LogP contribution is -2.27. The first-order valence-corrected chi connectivity index (χ1v) is 8.91. The number of carbonyl (C=O) groups is 1. The molecule has 0 aliphatic carbocycles. The lowest BCUT2D eigenvalue weighted by Gasteiger charge is -2.17. The first-order valence-electron chi connectivity index (χ1n) is 7.68. The number of phenolic OH excluding ortho intramolecular Hbond substituents is 1. The fraction of sp³-hybridized carbons (Fsp3) is 0. The summed E-state index contributed by atoms with van der Waals surface area (Å²) in [5.74, 6) is 0.0213. The molecular formula is C20H13NO2S2. The third-order valence-corrected chi connectivity index (χ3v) is 5.27. The Morgan fingerprint density at radius 1 is 1.00 bits per heavy atom. The third-order valence-electron chi connectivity index (χ3n) is 3.97. The number of hydrogen-bond acceptors (Lipinski definition) is 4. The number of carbonyl (C=O) groups excluding carboxylic acids is 1. The minimum Gasteiger partial charge on any atom is -0.508 e. The van der Waals surface area contributed by atoms with Crippen LogP contribution in [0.3, 0.4) is 0 Å². The number of nitrogens with zero attached hydrogens (tertiary/aromatic N) is 1. The summed E-state index contributed by atoms with van der Waals surface area (Å²) in [5, 5.41) is 11.6. The number of amides is 1. The molecule has 1 amide bonds. The topological polar surface area (TPSA) is 40.5 Å². The molecule has 1 N–H and O–H groups in total. The quantitative estimate of drug-likeness (QED) is 0.516. The second-order valence-electron chi connectivity index (χ2n) is 5.61. The molecule has 3 nitrogen and oxygen atoms in total. The van der Waals surface area contributed by atoms with Gasteiger partial charge in [0, 0.05) is 5.39 Å². The van der Waals surface area contributed by atoms with Crippen molar-refractivity contribution in [3.63, 3.8) is 0 Å². The molecule has 25 heavy (non-hydrogen) atoms. The van der Waals surface area contributed by atoms with E-state index in [-0.39, 0.29) is 11.7 Å². The van der Waals surface area contributed by atoms with Crippen LogP contribution >= 0.6 is 24.0 Å². The Morgan fingerprint density at radius 3 is 2.60 bits per heavy atom. The Hall–Kier alpha value is -2.63. The Balaban J connectivity index is 1.77. The third kappa shape index (κ3) is 2.92. The fourth-order valence-corrected chi connectivity index (χ4v) is 4.13. The molecule has 1 fully saturated rings. The molecule has 0 radical (unpaired) electrons. The van der Waals surface area contributed by atoms with Crippen LogP contribution in [0.5, 0.6) is 5.75 Å². The first-order chi connectivity index (χ1) is 12.1. The molecule has 3 aromatic carbocycles. The molecule has 1 heterocycles. The van der Waals surface area contributed by atoms with Gasteiger partial charge in [-0.3, -0.25) is 9.69 Å². The van der Waals surface area contributed by atoms with Gasteiger partial charge in [-0.1, -0.05) is 72.5 Å². The molecule has 0 atom stereocenters. The van der Waals surface area contributed by atoms with E-state index in [1.165, 1.54) is 11.8 Å². The molecule has 0 bridgehead atoms. The van der Waals surface area contributed by atoms with Crippen molar-refractivity contribution >= 4 is 56.7 Å². The maximum atomic E-state index is 12.9. The van der Waals surface area contributed by atoms with E-state index >= 15 is 0 Å². The molecule has 122 valence electrons. The van der Waals surface area contributed by atoms with Gasteiger partial charge in [0.1, 0.15) is 5.75 Å². The maximum Gasteiger partial charge on any atom is 0.270 e. The van der Waals surface area contributed by atoms with Crippen molar-refractivity contribution in [3.8, 4) is 5.75 Å². The van der Waals surface area contributed by atoms with Crippen LogP contribution in [0.4, 0.5) is 5.69 Å². The highest BCUT2D eigenvalue weighted by atomic mass is 32.2. The number of benzene rings is 3. The number of fused-ring (bicyclic) bond motifs is 1. The summed E-state index contributed by atoms with van der Waals surface area (Å²) in [6, 6.07) is 20.6. The van der Waals surface area contributed by atoms with Crippen LogP contribution < -0.4 is 4.90 Å². The van der Waals surface area contributed by atoms with Crippen molar-refractivity contribution in [2.24, 2.45) is 0 Å². The van der Waals surface area contributed by atoms with Gasteiger partial charge in [0.15, 0.2) is 4.32 Å². The van der Waals surface area contributed by atoms with Crippen LogP contribution in [0.25, 0.3) is 16.8 Å². The average Bonchev–Trinajstić information content (AvgIpc) is 2.88. The van der Waals surface area contributed by atoms with Crippen LogP contribution in [0.2, 0.25) is 0 Å². The lowest BCUT2D eigenvalue weighted by atomic mass is 10.1. The van der Waals surface area contributed by atoms with Gasteiger partial charge in [-0.15, -0.1) is 0 Å². The van der Waals surface area contributed by atoms with Crippen molar-refractivity contribution in [3.05, 3.63) is 77.2 Å². The van der Waals surface area contributed by atoms with Crippen LogP contribution in [0, 0.1) is 0 Å². The Labute approximate surface area is 154 Å². The summed E-state index contributed by atoms with van der Waals surface area (Å²) in [5.41, 5.74) is 1.55. The smallest absolute Gasteiger partial charge is 0.270 e. The molecule has 0 saturated carbocycles. The Bertz CT molecular complexity index is 1040. The molecule has 1 aliphatic rings. The van der Waals surface area contributed by atoms with Crippen molar-refractivity contribution in [1.29, 1.82) is 0 Å². The predicted molar refractivity (Wildman–Crippen MR) is 108 cm³/mol. The number of thiocarbonyl (C=S) groups is 1. The predicted octanol–water partition coefficient (Wildman–Crippen LogP) is 4.95. The first kappa shape index (κ1) is 15.9. The standard InChI is InChI=1S/C20H13NO2S2/c22-15-8-3-5-13(11-15)12-18-19(23)21(20(24)25-18)17-10-4-7-14-6-1-2-9-16(14)17/h1-12,22H. The van der Waals surface area contributed by atoms with Gasteiger partial charge < -0.3 is 5.11 Å². The minimum absolute atomic E-state index is 0.144. The molecule has 1 saturated heterocycles. The minimum atomic E-state index is -0.144. The second kappa shape index (κ2) is 6.35. The van der Waals surface area contributed by atoms with E-state index in [0.29, 0.717) is 9.23 Å². The lowest BCUT2D eigenvalue weighted by molar-refractivity contribution is -0.113. The summed E-state index contributed by atoms with van der Waals surface area (Å²) >= 11 is 6.73. The van der Waals surface area contributed by atoms with Gasteiger partial charge in [0.2, 0.25) is 0 Å². The van der Waals surface area contributed by atoms with E-state index in [9.17, 15) is 9.90 Å². The van der Waals surface area contributed by atoms with E-state index in [0.717, 1.165) is 22.0 Å². The number of aromatic hydroxyl groups is 1. The molecule has 0 aromatic heterocycles. The largest absolute Gasteiger partial charge is 0.508 e. The fourth-order valence-electron chi connectivity index (χ4n) is 2.84. The van der Waals surface area contributed by atoms with Gasteiger partial charge in [0.25, 0.3) is 5.91 Å².